The number of benzene rings is 1. The number of aromatic nitrogens is 3. The summed E-state index contributed by atoms with van der Waals surface area (Å²) in [6.07, 6.45) is 1.76. The van der Waals surface area contributed by atoms with Crippen LogP contribution < -0.4 is 0 Å². The fraction of sp³-hybridized carbons (Fsp3) is 0.231. The zero-order chi connectivity index (χ0) is 13.6. The van der Waals surface area contributed by atoms with Gasteiger partial charge in [-0.25, -0.2) is 9.37 Å². The summed E-state index contributed by atoms with van der Waals surface area (Å²) in [5.74, 6) is -0.273. The Morgan fingerprint density at radius 2 is 2.21 bits per heavy atom. The normalized spacial score (nSPS) is 12.2. The summed E-state index contributed by atoms with van der Waals surface area (Å²) in [4.78, 5) is 7.47. The summed E-state index contributed by atoms with van der Waals surface area (Å²) in [6, 6.07) is 4.63. The summed E-state index contributed by atoms with van der Waals surface area (Å²) in [6.45, 7) is 4.06. The number of halogens is 1. The van der Waals surface area contributed by atoms with Gasteiger partial charge in [0.15, 0.2) is 4.77 Å². The average molecular weight is 293 g/mol. The van der Waals surface area contributed by atoms with Gasteiger partial charge in [0.25, 0.3) is 0 Å². The SMILES string of the molecule is CC(C)(c1nccs1)n1c(=S)[nH]c2ccc(F)cc21. The Kier molecular flexibility index (Phi) is 2.79. The molecule has 0 aliphatic rings. The predicted molar refractivity (Wildman–Crippen MR) is 77.6 cm³/mol. The lowest BCUT2D eigenvalue weighted by atomic mass is 10.1. The summed E-state index contributed by atoms with van der Waals surface area (Å²) in [7, 11) is 0. The van der Waals surface area contributed by atoms with Crippen molar-refractivity contribution in [2.45, 2.75) is 19.4 Å². The fourth-order valence-corrected chi connectivity index (χ4v) is 3.44. The maximum Gasteiger partial charge on any atom is 0.178 e. The van der Waals surface area contributed by atoms with Crippen LogP contribution in [-0.2, 0) is 5.54 Å². The first-order valence-electron chi connectivity index (χ1n) is 5.81. The number of thiazole rings is 1. The minimum Gasteiger partial charge on any atom is -0.331 e. The van der Waals surface area contributed by atoms with Crippen molar-refractivity contribution >= 4 is 34.6 Å². The number of imidazole rings is 1. The molecule has 0 spiro atoms. The predicted octanol–water partition coefficient (Wildman–Crippen LogP) is 4.08. The van der Waals surface area contributed by atoms with Crippen LogP contribution in [-0.4, -0.2) is 14.5 Å². The van der Waals surface area contributed by atoms with E-state index in [0.29, 0.717) is 4.77 Å². The van der Waals surface area contributed by atoms with E-state index in [1.165, 1.54) is 12.1 Å². The van der Waals surface area contributed by atoms with Gasteiger partial charge in [0, 0.05) is 11.6 Å². The van der Waals surface area contributed by atoms with Gasteiger partial charge < -0.3 is 9.55 Å². The molecule has 2 aromatic heterocycles. The van der Waals surface area contributed by atoms with Gasteiger partial charge >= 0.3 is 0 Å². The van der Waals surface area contributed by atoms with Crippen molar-refractivity contribution in [1.82, 2.24) is 14.5 Å². The third-order valence-electron chi connectivity index (χ3n) is 3.16. The van der Waals surface area contributed by atoms with E-state index in [-0.39, 0.29) is 5.82 Å². The summed E-state index contributed by atoms with van der Waals surface area (Å²) in [5.41, 5.74) is 1.17. The molecule has 0 unspecified atom stereocenters. The highest BCUT2D eigenvalue weighted by Gasteiger charge is 2.28. The first-order chi connectivity index (χ1) is 9.00. The average Bonchev–Trinajstić information content (AvgIpc) is 2.95. The smallest absolute Gasteiger partial charge is 0.178 e. The van der Waals surface area contributed by atoms with Crippen LogP contribution in [0.3, 0.4) is 0 Å². The van der Waals surface area contributed by atoms with Crippen molar-refractivity contribution in [2.24, 2.45) is 0 Å². The first kappa shape index (κ1) is 12.5. The molecule has 3 rings (SSSR count). The number of nitrogens with zero attached hydrogens (tertiary/aromatic N) is 2. The number of fused-ring (bicyclic) bond motifs is 1. The molecule has 0 bridgehead atoms. The molecule has 0 saturated carbocycles. The van der Waals surface area contributed by atoms with Crippen molar-refractivity contribution in [3.8, 4) is 0 Å². The van der Waals surface area contributed by atoms with Crippen molar-refractivity contribution in [2.75, 3.05) is 0 Å². The van der Waals surface area contributed by atoms with Crippen LogP contribution in [0.5, 0.6) is 0 Å². The molecule has 19 heavy (non-hydrogen) atoms. The summed E-state index contributed by atoms with van der Waals surface area (Å²) in [5, 5.41) is 2.87. The molecule has 0 aliphatic heterocycles. The molecule has 3 aromatic rings. The van der Waals surface area contributed by atoms with Gasteiger partial charge in [-0.1, -0.05) is 0 Å². The zero-order valence-electron chi connectivity index (χ0n) is 10.5. The topological polar surface area (TPSA) is 33.6 Å². The quantitative estimate of drug-likeness (QED) is 0.722. The third-order valence-corrected chi connectivity index (χ3v) is 4.53. The molecule has 0 atom stereocenters. The van der Waals surface area contributed by atoms with Crippen LogP contribution in [0.4, 0.5) is 4.39 Å². The minimum absolute atomic E-state index is 0.273. The highest BCUT2D eigenvalue weighted by atomic mass is 32.1. The second-order valence-corrected chi connectivity index (χ2v) is 6.10. The lowest BCUT2D eigenvalue weighted by molar-refractivity contribution is 0.440. The molecule has 0 aliphatic carbocycles. The molecule has 0 amide bonds. The van der Waals surface area contributed by atoms with Crippen molar-refractivity contribution in [3.05, 3.63) is 45.4 Å². The molecule has 0 saturated heterocycles. The molecule has 2 heterocycles. The Labute approximate surface area is 118 Å². The third kappa shape index (κ3) is 1.91. The fourth-order valence-electron chi connectivity index (χ4n) is 2.25. The van der Waals surface area contributed by atoms with Crippen molar-refractivity contribution in [3.63, 3.8) is 0 Å². The molecule has 98 valence electrons. The van der Waals surface area contributed by atoms with Crippen LogP contribution in [0.2, 0.25) is 0 Å². The molecule has 0 fully saturated rings. The van der Waals surface area contributed by atoms with Crippen molar-refractivity contribution in [1.29, 1.82) is 0 Å². The number of H-pyrrole nitrogens is 1. The van der Waals surface area contributed by atoms with E-state index in [2.05, 4.69) is 9.97 Å². The van der Waals surface area contributed by atoms with Crippen LogP contribution in [0.15, 0.2) is 29.8 Å². The maximum absolute atomic E-state index is 13.5. The number of hydrogen-bond donors (Lipinski definition) is 1. The van der Waals surface area contributed by atoms with Gasteiger partial charge in [0.05, 0.1) is 16.6 Å². The Morgan fingerprint density at radius 3 is 2.89 bits per heavy atom. The van der Waals surface area contributed by atoms with E-state index in [1.54, 1.807) is 23.6 Å². The highest BCUT2D eigenvalue weighted by Crippen LogP contribution is 2.31. The first-order valence-corrected chi connectivity index (χ1v) is 7.09. The maximum atomic E-state index is 13.5. The second-order valence-electron chi connectivity index (χ2n) is 4.82. The Hall–Kier alpha value is -1.53. The van der Waals surface area contributed by atoms with E-state index < -0.39 is 5.54 Å². The van der Waals surface area contributed by atoms with Gasteiger partial charge in [0.1, 0.15) is 10.8 Å². The molecule has 1 aromatic carbocycles. The van der Waals surface area contributed by atoms with E-state index in [1.807, 2.05) is 23.8 Å². The van der Waals surface area contributed by atoms with Gasteiger partial charge in [-0.3, -0.25) is 0 Å². The molecule has 6 heteroatoms. The summed E-state index contributed by atoms with van der Waals surface area (Å²) >= 11 is 6.94. The zero-order valence-corrected chi connectivity index (χ0v) is 12.1. The number of hydrogen-bond acceptors (Lipinski definition) is 3. The van der Waals surface area contributed by atoms with E-state index in [0.717, 1.165) is 16.0 Å². The van der Waals surface area contributed by atoms with Gasteiger partial charge in [0.2, 0.25) is 0 Å². The number of nitrogens with one attached hydrogen (secondary N) is 1. The Balaban J connectivity index is 2.33. The van der Waals surface area contributed by atoms with Gasteiger partial charge in [-0.2, -0.15) is 0 Å². The molecule has 3 nitrogen and oxygen atoms in total. The lowest BCUT2D eigenvalue weighted by Crippen LogP contribution is -2.27. The second kappa shape index (κ2) is 4.25. The molecular formula is C13H12FN3S2. The molecule has 0 radical (unpaired) electrons. The van der Waals surface area contributed by atoms with E-state index in [9.17, 15) is 4.39 Å². The van der Waals surface area contributed by atoms with Crippen LogP contribution in [0, 0.1) is 10.6 Å². The number of rotatable bonds is 2. The largest absolute Gasteiger partial charge is 0.331 e. The van der Waals surface area contributed by atoms with Crippen LogP contribution in [0.25, 0.3) is 11.0 Å². The minimum atomic E-state index is -0.419. The Bertz CT molecular complexity index is 784. The van der Waals surface area contributed by atoms with E-state index >= 15 is 0 Å². The lowest BCUT2D eigenvalue weighted by Gasteiger charge is -2.25. The monoisotopic (exact) mass is 293 g/mol. The molecular weight excluding hydrogens is 281 g/mol. The van der Waals surface area contributed by atoms with Gasteiger partial charge in [-0.15, -0.1) is 11.3 Å². The van der Waals surface area contributed by atoms with E-state index in [4.69, 9.17) is 12.2 Å². The highest BCUT2D eigenvalue weighted by molar-refractivity contribution is 7.71. The molecule has 1 N–H and O–H groups in total. The van der Waals surface area contributed by atoms with Crippen molar-refractivity contribution < 1.29 is 4.39 Å². The van der Waals surface area contributed by atoms with Crippen LogP contribution in [0.1, 0.15) is 18.9 Å². The van der Waals surface area contributed by atoms with Crippen LogP contribution >= 0.6 is 23.6 Å². The summed E-state index contributed by atoms with van der Waals surface area (Å²) < 4.78 is 16.0. The standard InChI is InChI=1S/C13H12FN3S2/c1-13(2,11-15-5-6-19-11)17-10-7-8(14)3-4-9(10)16-12(17)18/h3-7H,1-2H3,(H,16,18). The van der Waals surface area contributed by atoms with Gasteiger partial charge in [-0.05, 0) is 44.3 Å². The Morgan fingerprint density at radius 1 is 1.42 bits per heavy atom. The number of aromatic amines is 1.